The number of hydrogen-bond acceptors (Lipinski definition) is 3. The Morgan fingerprint density at radius 2 is 2.00 bits per heavy atom. The van der Waals surface area contributed by atoms with Crippen molar-refractivity contribution < 1.29 is 14.3 Å². The summed E-state index contributed by atoms with van der Waals surface area (Å²) in [6, 6.07) is 7.92. The summed E-state index contributed by atoms with van der Waals surface area (Å²) in [5, 5.41) is 3.06. The first kappa shape index (κ1) is 16.4. The smallest absolute Gasteiger partial charge is 0.229 e. The highest BCUT2D eigenvalue weighted by atomic mass is 16.5. The van der Waals surface area contributed by atoms with Crippen molar-refractivity contribution in [2.24, 2.45) is 17.8 Å². The molecule has 2 aliphatic heterocycles. The van der Waals surface area contributed by atoms with E-state index in [1.807, 2.05) is 29.2 Å². The SMILES string of the molecule is O=C(NCC1CC1)[C@H]1CCCN(C(=O)[C@H]2COc3ccccc3C2)C1. The van der Waals surface area contributed by atoms with Crippen LogP contribution in [-0.4, -0.2) is 43.0 Å². The lowest BCUT2D eigenvalue weighted by molar-refractivity contribution is -0.140. The van der Waals surface area contributed by atoms with E-state index >= 15 is 0 Å². The number of hydrogen-bond donors (Lipinski definition) is 1. The molecule has 1 aliphatic carbocycles. The van der Waals surface area contributed by atoms with Gasteiger partial charge in [0.15, 0.2) is 0 Å². The molecule has 3 aliphatic rings. The minimum atomic E-state index is -0.136. The van der Waals surface area contributed by atoms with Gasteiger partial charge in [-0.25, -0.2) is 0 Å². The van der Waals surface area contributed by atoms with Crippen molar-refractivity contribution in [1.82, 2.24) is 10.2 Å². The molecule has 2 fully saturated rings. The van der Waals surface area contributed by atoms with Gasteiger partial charge in [-0.15, -0.1) is 0 Å². The number of para-hydroxylation sites is 1. The zero-order valence-electron chi connectivity index (χ0n) is 14.6. The van der Waals surface area contributed by atoms with Gasteiger partial charge in [-0.3, -0.25) is 9.59 Å². The summed E-state index contributed by atoms with van der Waals surface area (Å²) in [7, 11) is 0. The van der Waals surface area contributed by atoms with Crippen LogP contribution < -0.4 is 10.1 Å². The van der Waals surface area contributed by atoms with Gasteiger partial charge < -0.3 is 15.0 Å². The molecule has 1 saturated heterocycles. The third-order valence-corrected chi connectivity index (χ3v) is 5.59. The summed E-state index contributed by atoms with van der Waals surface area (Å²) in [6.07, 6.45) is 4.98. The Bertz CT molecular complexity index is 656. The Morgan fingerprint density at radius 3 is 2.84 bits per heavy atom. The molecular weight excluding hydrogens is 316 g/mol. The van der Waals surface area contributed by atoms with E-state index < -0.39 is 0 Å². The van der Waals surface area contributed by atoms with Crippen LogP contribution >= 0.6 is 0 Å². The van der Waals surface area contributed by atoms with Crippen molar-refractivity contribution in [3.05, 3.63) is 29.8 Å². The van der Waals surface area contributed by atoms with E-state index in [0.717, 1.165) is 43.7 Å². The van der Waals surface area contributed by atoms with Gasteiger partial charge in [0.05, 0.1) is 11.8 Å². The third-order valence-electron chi connectivity index (χ3n) is 5.59. The average molecular weight is 342 g/mol. The van der Waals surface area contributed by atoms with Gasteiger partial charge in [0.1, 0.15) is 12.4 Å². The zero-order chi connectivity index (χ0) is 17.2. The van der Waals surface area contributed by atoms with Crippen molar-refractivity contribution in [2.75, 3.05) is 26.2 Å². The van der Waals surface area contributed by atoms with Gasteiger partial charge in [-0.05, 0) is 49.7 Å². The Hall–Kier alpha value is -2.04. The number of fused-ring (bicyclic) bond motifs is 1. The van der Waals surface area contributed by atoms with E-state index in [1.54, 1.807) is 0 Å². The summed E-state index contributed by atoms with van der Waals surface area (Å²) in [5.41, 5.74) is 1.10. The number of piperidine rings is 1. The highest BCUT2D eigenvalue weighted by Gasteiger charge is 2.34. The predicted molar refractivity (Wildman–Crippen MR) is 94.2 cm³/mol. The molecule has 0 radical (unpaired) electrons. The van der Waals surface area contributed by atoms with Gasteiger partial charge in [-0.1, -0.05) is 18.2 Å². The quantitative estimate of drug-likeness (QED) is 0.910. The summed E-state index contributed by atoms with van der Waals surface area (Å²) in [4.78, 5) is 27.2. The molecule has 4 rings (SSSR count). The van der Waals surface area contributed by atoms with E-state index in [-0.39, 0.29) is 23.7 Å². The van der Waals surface area contributed by atoms with Crippen molar-refractivity contribution in [2.45, 2.75) is 32.1 Å². The van der Waals surface area contributed by atoms with E-state index in [1.165, 1.54) is 12.8 Å². The molecule has 1 saturated carbocycles. The minimum Gasteiger partial charge on any atom is -0.492 e. The number of carbonyl (C=O) groups excluding carboxylic acids is 2. The van der Waals surface area contributed by atoms with E-state index in [4.69, 9.17) is 4.74 Å². The second-order valence-corrected chi connectivity index (χ2v) is 7.63. The number of ether oxygens (including phenoxy) is 1. The number of benzene rings is 1. The Kier molecular flexibility index (Phi) is 4.64. The number of carbonyl (C=O) groups is 2. The van der Waals surface area contributed by atoms with Crippen molar-refractivity contribution in [3.8, 4) is 5.75 Å². The second kappa shape index (κ2) is 7.06. The van der Waals surface area contributed by atoms with Crippen LogP contribution in [0.3, 0.4) is 0 Å². The number of nitrogens with one attached hydrogen (secondary N) is 1. The first-order valence-corrected chi connectivity index (χ1v) is 9.48. The minimum absolute atomic E-state index is 0.0618. The maximum absolute atomic E-state index is 12.9. The van der Waals surface area contributed by atoms with Gasteiger partial charge >= 0.3 is 0 Å². The summed E-state index contributed by atoms with van der Waals surface area (Å²) in [5.74, 6) is 1.63. The normalized spacial score (nSPS) is 25.7. The Morgan fingerprint density at radius 1 is 1.16 bits per heavy atom. The first-order chi connectivity index (χ1) is 12.2. The molecule has 5 nitrogen and oxygen atoms in total. The lowest BCUT2D eigenvalue weighted by Crippen LogP contribution is -2.49. The van der Waals surface area contributed by atoms with Crippen LogP contribution in [0.4, 0.5) is 0 Å². The van der Waals surface area contributed by atoms with Crippen molar-refractivity contribution >= 4 is 11.8 Å². The van der Waals surface area contributed by atoms with Crippen LogP contribution in [0.5, 0.6) is 5.75 Å². The molecule has 2 heterocycles. The number of nitrogens with zero attached hydrogens (tertiary/aromatic N) is 1. The number of amides is 2. The molecule has 25 heavy (non-hydrogen) atoms. The number of likely N-dealkylation sites (tertiary alicyclic amines) is 1. The van der Waals surface area contributed by atoms with E-state index in [2.05, 4.69) is 5.32 Å². The molecule has 2 amide bonds. The summed E-state index contributed by atoms with van der Waals surface area (Å²) < 4.78 is 5.77. The topological polar surface area (TPSA) is 58.6 Å². The lowest BCUT2D eigenvalue weighted by atomic mass is 9.92. The largest absolute Gasteiger partial charge is 0.492 e. The van der Waals surface area contributed by atoms with Crippen LogP contribution in [0.2, 0.25) is 0 Å². The van der Waals surface area contributed by atoms with Gasteiger partial charge in [-0.2, -0.15) is 0 Å². The molecule has 1 N–H and O–H groups in total. The predicted octanol–water partition coefficient (Wildman–Crippen LogP) is 2.00. The van der Waals surface area contributed by atoms with Crippen LogP contribution in [0.15, 0.2) is 24.3 Å². The molecule has 0 spiro atoms. The maximum Gasteiger partial charge on any atom is 0.229 e. The van der Waals surface area contributed by atoms with Crippen molar-refractivity contribution in [1.29, 1.82) is 0 Å². The average Bonchev–Trinajstić information content (AvgIpc) is 3.49. The van der Waals surface area contributed by atoms with Crippen molar-refractivity contribution in [3.63, 3.8) is 0 Å². The van der Waals surface area contributed by atoms with Crippen LogP contribution in [-0.2, 0) is 16.0 Å². The molecule has 0 bridgehead atoms. The fourth-order valence-corrected chi connectivity index (χ4v) is 3.85. The fraction of sp³-hybridized carbons (Fsp3) is 0.600. The first-order valence-electron chi connectivity index (χ1n) is 9.48. The number of rotatable bonds is 4. The fourth-order valence-electron chi connectivity index (χ4n) is 3.85. The maximum atomic E-state index is 12.9. The zero-order valence-corrected chi connectivity index (χ0v) is 14.6. The van der Waals surface area contributed by atoms with Crippen LogP contribution in [0.25, 0.3) is 0 Å². The van der Waals surface area contributed by atoms with E-state index in [9.17, 15) is 9.59 Å². The molecule has 1 aromatic carbocycles. The molecule has 0 aromatic heterocycles. The Labute approximate surface area is 148 Å². The van der Waals surface area contributed by atoms with Crippen LogP contribution in [0.1, 0.15) is 31.2 Å². The van der Waals surface area contributed by atoms with Gasteiger partial charge in [0.2, 0.25) is 11.8 Å². The highest BCUT2D eigenvalue weighted by Crippen LogP contribution is 2.29. The van der Waals surface area contributed by atoms with Crippen LogP contribution in [0, 0.1) is 17.8 Å². The monoisotopic (exact) mass is 342 g/mol. The molecule has 2 atom stereocenters. The summed E-state index contributed by atoms with van der Waals surface area (Å²) in [6.45, 7) is 2.54. The second-order valence-electron chi connectivity index (χ2n) is 7.63. The standard InChI is InChI=1S/C20H26N2O3/c23-19(21-11-14-7-8-14)16-5-3-9-22(12-16)20(24)17-10-15-4-1-2-6-18(15)25-13-17/h1-2,4,6,14,16-17H,3,5,7-13H2,(H,21,23)/t16-,17+/m0/s1. The summed E-state index contributed by atoms with van der Waals surface area (Å²) >= 11 is 0. The molecule has 0 unspecified atom stereocenters. The van der Waals surface area contributed by atoms with E-state index in [0.29, 0.717) is 19.1 Å². The molecule has 5 heteroatoms. The third kappa shape index (κ3) is 3.80. The van der Waals surface area contributed by atoms with Gasteiger partial charge in [0, 0.05) is 19.6 Å². The molecule has 134 valence electrons. The molecular formula is C20H26N2O3. The molecule has 1 aromatic rings. The highest BCUT2D eigenvalue weighted by molar-refractivity contribution is 5.83. The lowest BCUT2D eigenvalue weighted by Gasteiger charge is -2.35. The van der Waals surface area contributed by atoms with Gasteiger partial charge in [0.25, 0.3) is 0 Å². The Balaban J connectivity index is 1.34.